The van der Waals surface area contributed by atoms with Crippen LogP contribution in [0.3, 0.4) is 0 Å². The summed E-state index contributed by atoms with van der Waals surface area (Å²) >= 11 is 0. The van der Waals surface area contributed by atoms with Crippen LogP contribution in [0.5, 0.6) is 0 Å². The van der Waals surface area contributed by atoms with Crippen LogP contribution in [0.1, 0.15) is 11.1 Å². The lowest BCUT2D eigenvalue weighted by Crippen LogP contribution is -2.08. The highest BCUT2D eigenvalue weighted by atomic mass is 19.4. The molecule has 6 heteroatoms. The Morgan fingerprint density at radius 3 is 1.78 bits per heavy atom. The number of alkyl halides is 3. The molecule has 2 rings (SSSR count). The predicted octanol–water partition coefficient (Wildman–Crippen LogP) is 4.04. The maximum atomic E-state index is 12.5. The summed E-state index contributed by atoms with van der Waals surface area (Å²) in [7, 11) is 0. The molecule has 3 nitrogen and oxygen atoms in total. The third-order valence-corrected chi connectivity index (χ3v) is 3.09. The summed E-state index contributed by atoms with van der Waals surface area (Å²) in [5.41, 5.74) is 1.22. The minimum absolute atomic E-state index is 0.607. The average molecular weight is 320 g/mol. The molecule has 0 aliphatic rings. The van der Waals surface area contributed by atoms with Gasteiger partial charge in [0.2, 0.25) is 0 Å². The van der Waals surface area contributed by atoms with Crippen molar-refractivity contribution in [3.63, 3.8) is 0 Å². The van der Waals surface area contributed by atoms with Crippen LogP contribution in [0, 0.1) is 0 Å². The van der Waals surface area contributed by atoms with E-state index < -0.39 is 23.5 Å². The van der Waals surface area contributed by atoms with E-state index in [0.29, 0.717) is 16.7 Å². The number of halogens is 3. The fraction of sp³-hybridized carbons (Fsp3) is 0.0588. The van der Waals surface area contributed by atoms with Crippen molar-refractivity contribution in [1.29, 1.82) is 0 Å². The first-order chi connectivity index (χ1) is 10.8. The molecule has 1 N–H and O–H groups in total. The molecule has 0 aliphatic carbocycles. The number of ketones is 1. The number of aliphatic carboxylic acids is 1. The van der Waals surface area contributed by atoms with Gasteiger partial charge in [0.1, 0.15) is 0 Å². The van der Waals surface area contributed by atoms with Gasteiger partial charge in [0.05, 0.1) is 5.56 Å². The molecule has 23 heavy (non-hydrogen) atoms. The van der Waals surface area contributed by atoms with E-state index in [-0.39, 0.29) is 0 Å². The molecule has 0 unspecified atom stereocenters. The van der Waals surface area contributed by atoms with Gasteiger partial charge in [-0.1, -0.05) is 42.5 Å². The van der Waals surface area contributed by atoms with Crippen molar-refractivity contribution in [2.24, 2.45) is 0 Å². The quantitative estimate of drug-likeness (QED) is 0.683. The first-order valence-electron chi connectivity index (χ1n) is 6.50. The van der Waals surface area contributed by atoms with Gasteiger partial charge < -0.3 is 5.11 Å². The van der Waals surface area contributed by atoms with Crippen LogP contribution in [0.2, 0.25) is 0 Å². The number of hydrogen-bond acceptors (Lipinski definition) is 2. The molecule has 0 spiro atoms. The molecule has 0 saturated heterocycles. The summed E-state index contributed by atoms with van der Waals surface area (Å²) < 4.78 is 37.5. The Bertz CT molecular complexity index is 742. The topological polar surface area (TPSA) is 54.4 Å². The van der Waals surface area contributed by atoms with E-state index in [0.717, 1.165) is 18.2 Å². The predicted molar refractivity (Wildman–Crippen MR) is 78.6 cm³/mol. The molecule has 0 aromatic heterocycles. The molecule has 0 atom stereocenters. The Hall–Kier alpha value is -2.89. The number of rotatable bonds is 4. The van der Waals surface area contributed by atoms with Gasteiger partial charge in [0.15, 0.2) is 0 Å². The lowest BCUT2D eigenvalue weighted by atomic mass is 10.0. The Morgan fingerprint density at radius 1 is 0.870 bits per heavy atom. The molecule has 118 valence electrons. The normalized spacial score (nSPS) is 11.6. The number of hydrogen-bond donors (Lipinski definition) is 1. The molecular formula is C17H11F3O3. The molecule has 0 fully saturated rings. The fourth-order valence-corrected chi connectivity index (χ4v) is 1.88. The lowest BCUT2D eigenvalue weighted by Gasteiger charge is -2.08. The largest absolute Gasteiger partial charge is 0.475 e. The number of carbonyl (C=O) groups is 2. The molecule has 0 aliphatic heterocycles. The third-order valence-electron chi connectivity index (χ3n) is 3.09. The van der Waals surface area contributed by atoms with Gasteiger partial charge in [-0.2, -0.15) is 13.2 Å². The lowest BCUT2D eigenvalue weighted by molar-refractivity contribution is -0.146. The van der Waals surface area contributed by atoms with Crippen LogP contribution in [-0.2, 0) is 15.8 Å². The molecule has 2 aromatic rings. The van der Waals surface area contributed by atoms with Crippen LogP contribution in [0.4, 0.5) is 13.2 Å². The Morgan fingerprint density at radius 2 is 1.35 bits per heavy atom. The van der Waals surface area contributed by atoms with E-state index in [1.165, 1.54) is 18.2 Å². The summed E-state index contributed by atoms with van der Waals surface area (Å²) in [5.74, 6) is -2.57. The van der Waals surface area contributed by atoms with E-state index in [1.54, 1.807) is 24.3 Å². The Kier molecular flexibility index (Phi) is 4.64. The van der Waals surface area contributed by atoms with Crippen molar-refractivity contribution < 1.29 is 27.9 Å². The summed E-state index contributed by atoms with van der Waals surface area (Å²) in [6, 6.07) is 11.4. The van der Waals surface area contributed by atoms with Crippen molar-refractivity contribution in [3.05, 3.63) is 65.7 Å². The molecular weight excluding hydrogens is 309 g/mol. The SMILES string of the molecule is O=C(O)C(=O)/C=C/c1ccc(-c2ccc(C(F)(F)F)cc2)cc1. The highest BCUT2D eigenvalue weighted by molar-refractivity contribution is 6.38. The van der Waals surface area contributed by atoms with Gasteiger partial charge in [-0.05, 0) is 34.9 Å². The monoisotopic (exact) mass is 320 g/mol. The molecule has 0 saturated carbocycles. The second-order valence-corrected chi connectivity index (χ2v) is 4.70. The minimum atomic E-state index is -4.37. The van der Waals surface area contributed by atoms with Gasteiger partial charge in [-0.15, -0.1) is 0 Å². The first-order valence-corrected chi connectivity index (χ1v) is 6.50. The minimum Gasteiger partial charge on any atom is -0.475 e. The zero-order valence-corrected chi connectivity index (χ0v) is 11.7. The van der Waals surface area contributed by atoms with E-state index in [1.807, 2.05) is 0 Å². The van der Waals surface area contributed by atoms with Crippen LogP contribution in [-0.4, -0.2) is 16.9 Å². The van der Waals surface area contributed by atoms with Crippen molar-refractivity contribution in [2.75, 3.05) is 0 Å². The van der Waals surface area contributed by atoms with Crippen molar-refractivity contribution in [1.82, 2.24) is 0 Å². The van der Waals surface area contributed by atoms with Crippen molar-refractivity contribution in [2.45, 2.75) is 6.18 Å². The average Bonchev–Trinajstić information content (AvgIpc) is 2.52. The molecule has 2 aromatic carbocycles. The first kappa shape index (κ1) is 16.5. The summed E-state index contributed by atoms with van der Waals surface area (Å²) in [4.78, 5) is 21.3. The highest BCUT2D eigenvalue weighted by Crippen LogP contribution is 2.31. The van der Waals surface area contributed by atoms with Gasteiger partial charge in [0.25, 0.3) is 5.78 Å². The van der Waals surface area contributed by atoms with E-state index in [2.05, 4.69) is 0 Å². The zero-order valence-electron chi connectivity index (χ0n) is 11.7. The summed E-state index contributed by atoms with van der Waals surface area (Å²) in [6.07, 6.45) is -2.08. The summed E-state index contributed by atoms with van der Waals surface area (Å²) in [6.45, 7) is 0. The molecule has 0 bridgehead atoms. The van der Waals surface area contributed by atoms with E-state index in [4.69, 9.17) is 5.11 Å². The van der Waals surface area contributed by atoms with Crippen molar-refractivity contribution in [3.8, 4) is 11.1 Å². The smallest absolute Gasteiger partial charge is 0.416 e. The van der Waals surface area contributed by atoms with Gasteiger partial charge in [-0.25, -0.2) is 4.79 Å². The number of benzene rings is 2. The maximum absolute atomic E-state index is 12.5. The Balaban J connectivity index is 2.16. The van der Waals surface area contributed by atoms with E-state index >= 15 is 0 Å². The van der Waals surface area contributed by atoms with Gasteiger partial charge in [-0.3, -0.25) is 4.79 Å². The summed E-state index contributed by atoms with van der Waals surface area (Å²) in [5, 5.41) is 8.45. The van der Waals surface area contributed by atoms with Crippen LogP contribution >= 0.6 is 0 Å². The van der Waals surface area contributed by atoms with Crippen LogP contribution in [0.25, 0.3) is 17.2 Å². The standard InChI is InChI=1S/C17H11F3O3/c18-17(19,20)14-8-6-13(7-9-14)12-4-1-11(2-5-12)3-10-15(21)16(22)23/h1-10H,(H,22,23)/b10-3+. The fourth-order valence-electron chi connectivity index (χ4n) is 1.88. The van der Waals surface area contributed by atoms with Crippen LogP contribution in [0.15, 0.2) is 54.6 Å². The second-order valence-electron chi connectivity index (χ2n) is 4.70. The Labute approximate surface area is 129 Å². The molecule has 0 heterocycles. The number of carboxylic acids is 1. The van der Waals surface area contributed by atoms with Crippen LogP contribution < -0.4 is 0 Å². The second kappa shape index (κ2) is 6.48. The van der Waals surface area contributed by atoms with Gasteiger partial charge >= 0.3 is 12.1 Å². The number of carbonyl (C=O) groups excluding carboxylic acids is 1. The maximum Gasteiger partial charge on any atom is 0.416 e. The van der Waals surface area contributed by atoms with E-state index in [9.17, 15) is 22.8 Å². The van der Waals surface area contributed by atoms with Gasteiger partial charge in [0, 0.05) is 0 Å². The molecule has 0 radical (unpaired) electrons. The van der Waals surface area contributed by atoms with Crippen molar-refractivity contribution >= 4 is 17.8 Å². The zero-order chi connectivity index (χ0) is 17.0. The molecule has 0 amide bonds. The highest BCUT2D eigenvalue weighted by Gasteiger charge is 2.29. The third kappa shape index (κ3) is 4.29. The number of carboxylic acid groups (broad SMARTS) is 1.